The zero-order valence-electron chi connectivity index (χ0n) is 11.0. The number of thioether (sulfide) groups is 2. The second-order valence-corrected chi connectivity index (χ2v) is 6.99. The van der Waals surface area contributed by atoms with E-state index >= 15 is 0 Å². The minimum Gasteiger partial charge on any atom is -0.121 e. The van der Waals surface area contributed by atoms with Crippen LogP contribution in [0.4, 0.5) is 0 Å². The molecule has 0 aromatic heterocycles. The maximum Gasteiger partial charge on any atom is 0.0512 e. The van der Waals surface area contributed by atoms with E-state index < -0.39 is 0 Å². The van der Waals surface area contributed by atoms with Gasteiger partial charge in [0.05, 0.1) is 5.25 Å². The van der Waals surface area contributed by atoms with E-state index in [9.17, 15) is 0 Å². The van der Waals surface area contributed by atoms with Crippen molar-refractivity contribution in [2.24, 2.45) is 0 Å². The molecule has 0 aromatic rings. The van der Waals surface area contributed by atoms with Gasteiger partial charge in [-0.3, -0.25) is 0 Å². The van der Waals surface area contributed by atoms with Gasteiger partial charge >= 0.3 is 0 Å². The number of hydrogen-bond acceptors (Lipinski definition) is 2. The van der Waals surface area contributed by atoms with E-state index in [1.54, 1.807) is 11.1 Å². The summed E-state index contributed by atoms with van der Waals surface area (Å²) in [4.78, 5) is 2.99. The molecule has 17 heavy (non-hydrogen) atoms. The molecule has 92 valence electrons. The Bertz CT molecular complexity index is 424. The Morgan fingerprint density at radius 3 is 2.53 bits per heavy atom. The summed E-state index contributed by atoms with van der Waals surface area (Å²) in [5.41, 5.74) is 3.10. The average Bonchev–Trinajstić information content (AvgIpc) is 2.76. The van der Waals surface area contributed by atoms with Gasteiger partial charge in [0, 0.05) is 10.2 Å². The summed E-state index contributed by atoms with van der Waals surface area (Å²) in [7, 11) is 0. The van der Waals surface area contributed by atoms with E-state index in [0.717, 1.165) is 6.42 Å². The Kier molecular flexibility index (Phi) is 4.26. The van der Waals surface area contributed by atoms with Crippen molar-refractivity contribution in [3.63, 3.8) is 0 Å². The van der Waals surface area contributed by atoms with E-state index in [1.165, 1.54) is 9.81 Å². The minimum absolute atomic E-state index is 0.647. The number of allylic oxidation sites excluding steroid dienone is 5. The Labute approximate surface area is 113 Å². The smallest absolute Gasteiger partial charge is 0.0512 e. The van der Waals surface area contributed by atoms with Crippen LogP contribution in [0, 0.1) is 0 Å². The predicted octanol–water partition coefficient (Wildman–Crippen LogP) is 5.31. The summed E-state index contributed by atoms with van der Waals surface area (Å²) in [6.07, 6.45) is 10.2. The Morgan fingerprint density at radius 2 is 1.88 bits per heavy atom. The number of hydrogen-bond donors (Lipinski definition) is 0. The Morgan fingerprint density at radius 1 is 1.12 bits per heavy atom. The maximum atomic E-state index is 2.34. The molecule has 2 heterocycles. The first-order valence-electron chi connectivity index (χ1n) is 6.23. The molecule has 0 spiro atoms. The monoisotopic (exact) mass is 264 g/mol. The lowest BCUT2D eigenvalue weighted by molar-refractivity contribution is 1.02. The molecule has 2 unspecified atom stereocenters. The molecule has 0 amide bonds. The molecule has 0 aliphatic carbocycles. The van der Waals surface area contributed by atoms with Crippen molar-refractivity contribution < 1.29 is 0 Å². The summed E-state index contributed by atoms with van der Waals surface area (Å²) in [5, 5.41) is 1.32. The second-order valence-electron chi connectivity index (χ2n) is 4.45. The normalized spacial score (nSPS) is 29.2. The van der Waals surface area contributed by atoms with E-state index in [2.05, 4.69) is 52.0 Å². The molecule has 0 radical (unpaired) electrons. The van der Waals surface area contributed by atoms with Crippen LogP contribution >= 0.6 is 23.5 Å². The average molecular weight is 264 g/mol. The molecule has 0 nitrogen and oxygen atoms in total. The SMILES string of the molecule is CC=CC1=C(C)C2SC(C)=C(C=CCC)C2S1. The molecule has 0 bridgehead atoms. The standard InChI is InChI=1S/C15H20S2/c1-5-7-9-12-11(4)16-14-10(3)13(8-6-2)17-15(12)14/h6-9,14-15H,5H2,1-4H3. The van der Waals surface area contributed by atoms with Gasteiger partial charge < -0.3 is 0 Å². The van der Waals surface area contributed by atoms with Crippen LogP contribution in [0.3, 0.4) is 0 Å². The molecule has 0 aromatic carbocycles. The van der Waals surface area contributed by atoms with Gasteiger partial charge in [-0.25, -0.2) is 0 Å². The van der Waals surface area contributed by atoms with Crippen LogP contribution in [0.5, 0.6) is 0 Å². The van der Waals surface area contributed by atoms with Gasteiger partial charge in [0.25, 0.3) is 0 Å². The lowest BCUT2D eigenvalue weighted by Gasteiger charge is -2.11. The quantitative estimate of drug-likeness (QED) is 0.677. The van der Waals surface area contributed by atoms with Crippen molar-refractivity contribution in [3.8, 4) is 0 Å². The molecule has 2 aliphatic heterocycles. The molecule has 2 aliphatic rings. The van der Waals surface area contributed by atoms with E-state index in [4.69, 9.17) is 0 Å². The molecule has 0 fully saturated rings. The first kappa shape index (κ1) is 13.1. The third-order valence-corrected chi connectivity index (χ3v) is 6.35. The van der Waals surface area contributed by atoms with Crippen molar-refractivity contribution in [1.29, 1.82) is 0 Å². The topological polar surface area (TPSA) is 0 Å². The van der Waals surface area contributed by atoms with Crippen LogP contribution < -0.4 is 0 Å². The van der Waals surface area contributed by atoms with Gasteiger partial charge in [0.2, 0.25) is 0 Å². The van der Waals surface area contributed by atoms with Gasteiger partial charge in [0.1, 0.15) is 0 Å². The third kappa shape index (κ3) is 2.43. The molecule has 2 heteroatoms. The highest BCUT2D eigenvalue weighted by molar-refractivity contribution is 8.09. The van der Waals surface area contributed by atoms with Crippen LogP contribution in [-0.4, -0.2) is 10.5 Å². The molecule has 2 atom stereocenters. The number of fused-ring (bicyclic) bond motifs is 1. The van der Waals surface area contributed by atoms with Crippen LogP contribution in [0.25, 0.3) is 0 Å². The van der Waals surface area contributed by atoms with Crippen molar-refractivity contribution in [3.05, 3.63) is 45.3 Å². The summed E-state index contributed by atoms with van der Waals surface area (Å²) in [5.74, 6) is 0. The van der Waals surface area contributed by atoms with E-state index in [1.807, 2.05) is 23.5 Å². The first-order chi connectivity index (χ1) is 8.19. The summed E-state index contributed by atoms with van der Waals surface area (Å²) in [6, 6.07) is 0. The first-order valence-corrected chi connectivity index (χ1v) is 7.99. The summed E-state index contributed by atoms with van der Waals surface area (Å²) < 4.78 is 0. The minimum atomic E-state index is 0.647. The van der Waals surface area contributed by atoms with Gasteiger partial charge in [-0.15, -0.1) is 23.5 Å². The fraction of sp³-hybridized carbons (Fsp3) is 0.467. The van der Waals surface area contributed by atoms with Gasteiger partial charge in [-0.2, -0.15) is 0 Å². The van der Waals surface area contributed by atoms with Crippen molar-refractivity contribution >= 4 is 23.5 Å². The van der Waals surface area contributed by atoms with Crippen LogP contribution in [0.1, 0.15) is 34.1 Å². The number of rotatable bonds is 3. The van der Waals surface area contributed by atoms with Crippen molar-refractivity contribution in [1.82, 2.24) is 0 Å². The molecule has 2 rings (SSSR count). The second kappa shape index (κ2) is 5.53. The highest BCUT2D eigenvalue weighted by Crippen LogP contribution is 2.55. The molecule has 0 saturated carbocycles. The molecule has 0 saturated heterocycles. The largest absolute Gasteiger partial charge is 0.121 e. The van der Waals surface area contributed by atoms with Gasteiger partial charge in [-0.1, -0.05) is 31.2 Å². The van der Waals surface area contributed by atoms with Crippen molar-refractivity contribution in [2.45, 2.75) is 44.6 Å². The zero-order valence-corrected chi connectivity index (χ0v) is 12.6. The van der Waals surface area contributed by atoms with E-state index in [0.29, 0.717) is 10.5 Å². The lowest BCUT2D eigenvalue weighted by Crippen LogP contribution is -2.12. The van der Waals surface area contributed by atoms with Gasteiger partial charge in [0.15, 0.2) is 0 Å². The zero-order chi connectivity index (χ0) is 12.4. The van der Waals surface area contributed by atoms with Crippen LogP contribution in [0.2, 0.25) is 0 Å². The highest BCUT2D eigenvalue weighted by atomic mass is 32.2. The third-order valence-electron chi connectivity index (χ3n) is 3.21. The molecular weight excluding hydrogens is 244 g/mol. The predicted molar refractivity (Wildman–Crippen MR) is 82.4 cm³/mol. The Balaban J connectivity index is 2.22. The fourth-order valence-electron chi connectivity index (χ4n) is 2.27. The summed E-state index contributed by atoms with van der Waals surface area (Å²) >= 11 is 4.09. The summed E-state index contributed by atoms with van der Waals surface area (Å²) in [6.45, 7) is 8.85. The maximum absolute atomic E-state index is 2.34. The fourth-order valence-corrected chi connectivity index (χ4v) is 5.55. The lowest BCUT2D eigenvalue weighted by atomic mass is 10.0. The van der Waals surface area contributed by atoms with E-state index in [-0.39, 0.29) is 0 Å². The van der Waals surface area contributed by atoms with Gasteiger partial charge in [-0.05, 0) is 43.2 Å². The highest BCUT2D eigenvalue weighted by Gasteiger charge is 2.40. The molecular formula is C15H20S2. The molecule has 0 N–H and O–H groups in total. The Hall–Kier alpha value is -0.340. The van der Waals surface area contributed by atoms with Crippen LogP contribution in [0.15, 0.2) is 45.3 Å². The van der Waals surface area contributed by atoms with Crippen molar-refractivity contribution in [2.75, 3.05) is 0 Å². The van der Waals surface area contributed by atoms with Crippen LogP contribution in [-0.2, 0) is 0 Å².